The van der Waals surface area contributed by atoms with E-state index in [4.69, 9.17) is 0 Å². The van der Waals surface area contributed by atoms with E-state index < -0.39 is 6.10 Å². The number of aliphatic hydroxyl groups excluding tert-OH is 1. The van der Waals surface area contributed by atoms with Crippen LogP contribution in [0.3, 0.4) is 0 Å². The molecule has 1 saturated heterocycles. The summed E-state index contributed by atoms with van der Waals surface area (Å²) in [7, 11) is 0. The average molecular weight is 350 g/mol. The molecule has 0 amide bonds. The molecule has 3 aromatic rings. The van der Waals surface area contributed by atoms with Crippen molar-refractivity contribution in [2.45, 2.75) is 32.8 Å². The van der Waals surface area contributed by atoms with Gasteiger partial charge in [0.15, 0.2) is 0 Å². The third-order valence-electron chi connectivity index (χ3n) is 5.57. The number of benzene rings is 1. The Morgan fingerprint density at radius 3 is 2.96 bits per heavy atom. The maximum atomic E-state index is 10.8. The topological polar surface area (TPSA) is 65.0 Å². The van der Waals surface area contributed by atoms with Crippen molar-refractivity contribution in [3.8, 4) is 11.3 Å². The van der Waals surface area contributed by atoms with Crippen molar-refractivity contribution in [3.05, 3.63) is 47.8 Å². The van der Waals surface area contributed by atoms with Crippen LogP contribution in [0.4, 0.5) is 0 Å². The number of piperidine rings is 1. The van der Waals surface area contributed by atoms with Crippen LogP contribution in [0.2, 0.25) is 0 Å². The number of aromatic amines is 1. The highest BCUT2D eigenvalue weighted by molar-refractivity contribution is 5.84. The van der Waals surface area contributed by atoms with Crippen molar-refractivity contribution in [1.82, 2.24) is 20.1 Å². The molecule has 3 heterocycles. The lowest BCUT2D eigenvalue weighted by molar-refractivity contribution is 0.0489. The molecule has 26 heavy (non-hydrogen) atoms. The number of nitrogens with one attached hydrogen (secondary N) is 1. The van der Waals surface area contributed by atoms with Crippen LogP contribution in [0, 0.1) is 12.8 Å². The van der Waals surface area contributed by atoms with Gasteiger partial charge in [0.05, 0.1) is 11.4 Å². The van der Waals surface area contributed by atoms with Gasteiger partial charge in [-0.3, -0.25) is 0 Å². The molecular weight excluding hydrogens is 324 g/mol. The fraction of sp³-hybridized carbons (Fsp3) is 0.429. The zero-order valence-electron chi connectivity index (χ0n) is 15.4. The largest absolute Gasteiger partial charge is 0.386 e. The van der Waals surface area contributed by atoms with Crippen LogP contribution in [0.5, 0.6) is 0 Å². The van der Waals surface area contributed by atoms with Gasteiger partial charge in [-0.2, -0.15) is 5.10 Å². The van der Waals surface area contributed by atoms with E-state index in [0.717, 1.165) is 54.8 Å². The molecule has 0 radical (unpaired) electrons. The van der Waals surface area contributed by atoms with Crippen molar-refractivity contribution >= 4 is 10.9 Å². The number of likely N-dealkylation sites (tertiary alicyclic amines) is 1. The van der Waals surface area contributed by atoms with Gasteiger partial charge in [-0.1, -0.05) is 19.1 Å². The number of aryl methyl sites for hydroxylation is 1. The van der Waals surface area contributed by atoms with Crippen LogP contribution in [0.1, 0.15) is 37.1 Å². The van der Waals surface area contributed by atoms with E-state index in [-0.39, 0.29) is 5.92 Å². The number of fused-ring (bicyclic) bond motifs is 1. The zero-order chi connectivity index (χ0) is 18.1. The van der Waals surface area contributed by atoms with Crippen LogP contribution in [-0.2, 0) is 0 Å². The molecule has 0 bridgehead atoms. The first kappa shape index (κ1) is 17.2. The van der Waals surface area contributed by atoms with Gasteiger partial charge in [-0.25, -0.2) is 0 Å². The number of hydrogen-bond acceptors (Lipinski definition) is 4. The quantitative estimate of drug-likeness (QED) is 0.753. The fourth-order valence-electron chi connectivity index (χ4n) is 4.01. The summed E-state index contributed by atoms with van der Waals surface area (Å²) in [6.07, 6.45) is 3.58. The molecule has 136 valence electrons. The first-order valence-corrected chi connectivity index (χ1v) is 9.48. The minimum absolute atomic E-state index is 0.235. The molecule has 2 aromatic heterocycles. The summed E-state index contributed by atoms with van der Waals surface area (Å²) in [5, 5.41) is 20.8. The van der Waals surface area contributed by atoms with Crippen LogP contribution >= 0.6 is 0 Å². The molecule has 4 rings (SSSR count). The molecule has 5 nitrogen and oxygen atoms in total. The lowest BCUT2D eigenvalue weighted by atomic mass is 9.90. The Morgan fingerprint density at radius 1 is 1.27 bits per heavy atom. The number of hydrogen-bond donors (Lipinski definition) is 2. The molecule has 1 fully saturated rings. The van der Waals surface area contributed by atoms with Crippen molar-refractivity contribution < 1.29 is 5.11 Å². The Morgan fingerprint density at radius 2 is 2.15 bits per heavy atom. The lowest BCUT2D eigenvalue weighted by Gasteiger charge is -2.34. The predicted molar refractivity (Wildman–Crippen MR) is 104 cm³/mol. The number of aromatic nitrogens is 3. The zero-order valence-corrected chi connectivity index (χ0v) is 15.4. The second-order valence-electron chi connectivity index (χ2n) is 7.32. The Bertz CT molecular complexity index is 904. The van der Waals surface area contributed by atoms with Gasteiger partial charge < -0.3 is 15.0 Å². The fourth-order valence-corrected chi connectivity index (χ4v) is 4.01. The van der Waals surface area contributed by atoms with Gasteiger partial charge in [0.25, 0.3) is 0 Å². The Labute approximate surface area is 154 Å². The summed E-state index contributed by atoms with van der Waals surface area (Å²) in [4.78, 5) is 5.64. The molecule has 2 unspecified atom stereocenters. The SMILES string of the molecule is CCN1CCCC(C(O)c2cc(C)c(-c3ccc4cc[nH]c4c3)nn2)C1. The van der Waals surface area contributed by atoms with Crippen molar-refractivity contribution in [3.63, 3.8) is 0 Å². The molecule has 1 aliphatic heterocycles. The second kappa shape index (κ2) is 7.17. The minimum atomic E-state index is -0.546. The van der Waals surface area contributed by atoms with E-state index in [1.165, 1.54) is 5.39 Å². The van der Waals surface area contributed by atoms with Gasteiger partial charge in [-0.15, -0.1) is 5.10 Å². The van der Waals surface area contributed by atoms with Crippen LogP contribution in [-0.4, -0.2) is 44.8 Å². The second-order valence-corrected chi connectivity index (χ2v) is 7.32. The number of rotatable bonds is 4. The van der Waals surface area contributed by atoms with Gasteiger partial charge in [0.1, 0.15) is 6.10 Å². The van der Waals surface area contributed by atoms with Crippen molar-refractivity contribution in [2.24, 2.45) is 5.92 Å². The highest BCUT2D eigenvalue weighted by atomic mass is 16.3. The van der Waals surface area contributed by atoms with E-state index in [9.17, 15) is 5.11 Å². The minimum Gasteiger partial charge on any atom is -0.386 e. The van der Waals surface area contributed by atoms with Gasteiger partial charge >= 0.3 is 0 Å². The Kier molecular flexibility index (Phi) is 4.74. The molecule has 2 atom stereocenters. The third-order valence-corrected chi connectivity index (χ3v) is 5.57. The standard InChI is InChI=1S/C21H26N4O/c1-3-25-10-4-5-17(13-25)21(26)19-11-14(2)20(24-23-19)16-7-6-15-8-9-22-18(15)12-16/h6-9,11-12,17,21-22,26H,3-5,10,13H2,1-2H3. The summed E-state index contributed by atoms with van der Waals surface area (Å²) < 4.78 is 0. The summed E-state index contributed by atoms with van der Waals surface area (Å²) in [5.41, 5.74) is 4.74. The molecule has 1 aliphatic rings. The number of nitrogens with zero attached hydrogens (tertiary/aromatic N) is 3. The number of H-pyrrole nitrogens is 1. The smallest absolute Gasteiger partial charge is 0.102 e. The molecule has 1 aromatic carbocycles. The summed E-state index contributed by atoms with van der Waals surface area (Å²) in [6, 6.07) is 10.3. The molecular formula is C21H26N4O. The number of aliphatic hydroxyl groups is 1. The average Bonchev–Trinajstić information content (AvgIpc) is 3.15. The van der Waals surface area contributed by atoms with E-state index >= 15 is 0 Å². The molecule has 2 N–H and O–H groups in total. The van der Waals surface area contributed by atoms with Crippen LogP contribution in [0.15, 0.2) is 36.5 Å². The van der Waals surface area contributed by atoms with E-state index in [0.29, 0.717) is 5.69 Å². The summed E-state index contributed by atoms with van der Waals surface area (Å²) >= 11 is 0. The van der Waals surface area contributed by atoms with Crippen molar-refractivity contribution in [1.29, 1.82) is 0 Å². The predicted octanol–water partition coefficient (Wildman–Crippen LogP) is 3.70. The van der Waals surface area contributed by atoms with Crippen LogP contribution in [0.25, 0.3) is 22.2 Å². The normalized spacial score (nSPS) is 19.7. The van der Waals surface area contributed by atoms with E-state index in [1.54, 1.807) is 0 Å². The summed E-state index contributed by atoms with van der Waals surface area (Å²) in [5.74, 6) is 0.235. The Hall–Kier alpha value is -2.24. The first-order chi connectivity index (χ1) is 12.7. The lowest BCUT2D eigenvalue weighted by Crippen LogP contribution is -2.37. The van der Waals surface area contributed by atoms with Crippen LogP contribution < -0.4 is 0 Å². The summed E-state index contributed by atoms with van der Waals surface area (Å²) in [6.45, 7) is 7.31. The van der Waals surface area contributed by atoms with Gasteiger partial charge in [0, 0.05) is 29.7 Å². The molecule has 0 spiro atoms. The molecule has 5 heteroatoms. The van der Waals surface area contributed by atoms with E-state index in [1.807, 2.05) is 19.2 Å². The highest BCUT2D eigenvalue weighted by Gasteiger charge is 2.27. The van der Waals surface area contributed by atoms with Crippen molar-refractivity contribution in [2.75, 3.05) is 19.6 Å². The molecule has 0 saturated carbocycles. The first-order valence-electron chi connectivity index (χ1n) is 9.48. The third kappa shape index (κ3) is 3.24. The van der Waals surface area contributed by atoms with E-state index in [2.05, 4.69) is 51.3 Å². The molecule has 0 aliphatic carbocycles. The highest BCUT2D eigenvalue weighted by Crippen LogP contribution is 2.31. The van der Waals surface area contributed by atoms with Gasteiger partial charge in [0.2, 0.25) is 0 Å². The maximum absolute atomic E-state index is 10.8. The maximum Gasteiger partial charge on any atom is 0.102 e. The monoisotopic (exact) mass is 350 g/mol. The Balaban J connectivity index is 1.59. The van der Waals surface area contributed by atoms with Gasteiger partial charge in [-0.05, 0) is 62.0 Å².